The van der Waals surface area contributed by atoms with Crippen LogP contribution in [0.25, 0.3) is 22.1 Å². The highest BCUT2D eigenvalue weighted by Gasteiger charge is 2.28. The number of aryl methyl sites for hydroxylation is 1. The largest absolute Gasteiger partial charge is 0.481 e. The van der Waals surface area contributed by atoms with E-state index in [9.17, 15) is 24.3 Å². The number of carboxylic acids is 1. The van der Waals surface area contributed by atoms with Gasteiger partial charge >= 0.3 is 11.7 Å². The number of H-pyrrole nitrogens is 1. The number of hydrogen-bond donors (Lipinski definition) is 2. The molecule has 0 saturated heterocycles. The summed E-state index contributed by atoms with van der Waals surface area (Å²) in [7, 11) is 0. The highest BCUT2D eigenvalue weighted by molar-refractivity contribution is 5.87. The number of benzene rings is 2. The predicted molar refractivity (Wildman–Crippen MR) is 132 cm³/mol. The van der Waals surface area contributed by atoms with Gasteiger partial charge in [0.15, 0.2) is 5.65 Å². The first kappa shape index (κ1) is 23.1. The highest BCUT2D eigenvalue weighted by atomic mass is 19.1. The van der Waals surface area contributed by atoms with Crippen molar-refractivity contribution in [2.75, 3.05) is 0 Å². The van der Waals surface area contributed by atoms with Gasteiger partial charge in [-0.2, -0.15) is 5.26 Å². The fourth-order valence-corrected chi connectivity index (χ4v) is 4.91. The lowest BCUT2D eigenvalue weighted by molar-refractivity contribution is -0.137. The number of aromatic amines is 1. The number of carbonyl (C=O) groups is 1. The van der Waals surface area contributed by atoms with Gasteiger partial charge in [-0.3, -0.25) is 13.9 Å². The molecule has 0 aliphatic carbocycles. The Morgan fingerprint density at radius 2 is 1.92 bits per heavy atom. The molecule has 9 heteroatoms. The van der Waals surface area contributed by atoms with Crippen molar-refractivity contribution in [3.8, 4) is 6.07 Å². The molecule has 0 spiro atoms. The molecule has 0 aliphatic heterocycles. The summed E-state index contributed by atoms with van der Waals surface area (Å²) in [6.45, 7) is 3.89. The minimum atomic E-state index is -1.13. The number of nitrogens with zero attached hydrogens (tertiary/aromatic N) is 4. The Morgan fingerprint density at radius 1 is 1.17 bits per heavy atom. The highest BCUT2D eigenvalue weighted by Crippen LogP contribution is 2.32. The molecule has 0 amide bonds. The molecule has 0 bridgehead atoms. The molecule has 5 rings (SSSR count). The quantitative estimate of drug-likeness (QED) is 0.364. The van der Waals surface area contributed by atoms with Crippen molar-refractivity contribution in [2.24, 2.45) is 0 Å². The summed E-state index contributed by atoms with van der Waals surface area (Å²) in [4.78, 5) is 33.5. The normalized spacial score (nSPS) is 13.1. The minimum Gasteiger partial charge on any atom is -0.481 e. The first-order valence-electron chi connectivity index (χ1n) is 11.4. The maximum Gasteiger partial charge on any atom is 0.331 e. The molecule has 3 aromatic heterocycles. The number of rotatable bonds is 6. The number of pyridine rings is 1. The molecule has 1 unspecified atom stereocenters. The zero-order valence-electron chi connectivity index (χ0n) is 19.6. The summed E-state index contributed by atoms with van der Waals surface area (Å²) < 4.78 is 16.5. The number of imidazole rings is 1. The molecule has 0 fully saturated rings. The predicted octanol–water partition coefficient (Wildman–Crippen LogP) is 4.67. The summed E-state index contributed by atoms with van der Waals surface area (Å²) >= 11 is 0. The second kappa shape index (κ2) is 8.82. The van der Waals surface area contributed by atoms with Crippen LogP contribution >= 0.6 is 0 Å². The van der Waals surface area contributed by atoms with Gasteiger partial charge in [-0.1, -0.05) is 24.3 Å². The van der Waals surface area contributed by atoms with Crippen LogP contribution in [0.1, 0.15) is 47.8 Å². The number of carboxylic acid groups (broad SMARTS) is 1. The fraction of sp³-hybridized carbons (Fsp3) is 0.185. The topological polar surface area (TPSA) is 117 Å². The van der Waals surface area contributed by atoms with E-state index in [1.54, 1.807) is 10.6 Å². The molecule has 2 N–H and O–H groups in total. The lowest BCUT2D eigenvalue weighted by Crippen LogP contribution is -2.31. The van der Waals surface area contributed by atoms with Crippen LogP contribution in [0.15, 0.2) is 65.6 Å². The number of nitrogens with one attached hydrogen (secondary N) is 1. The van der Waals surface area contributed by atoms with Gasteiger partial charge in [-0.15, -0.1) is 0 Å². The third kappa shape index (κ3) is 3.73. The van der Waals surface area contributed by atoms with Gasteiger partial charge in [0.25, 0.3) is 0 Å². The summed E-state index contributed by atoms with van der Waals surface area (Å²) in [5.41, 5.74) is 3.60. The van der Waals surface area contributed by atoms with E-state index in [0.717, 1.165) is 22.0 Å². The van der Waals surface area contributed by atoms with Gasteiger partial charge in [0.05, 0.1) is 24.0 Å². The number of aliphatic carboxylic acids is 1. The van der Waals surface area contributed by atoms with Gasteiger partial charge < -0.3 is 10.1 Å². The van der Waals surface area contributed by atoms with E-state index >= 15 is 0 Å². The van der Waals surface area contributed by atoms with Crippen LogP contribution in [0.2, 0.25) is 0 Å². The molecule has 0 saturated carbocycles. The Labute approximate surface area is 204 Å². The summed E-state index contributed by atoms with van der Waals surface area (Å²) in [6.07, 6.45) is 1.44. The molecule has 0 aliphatic rings. The lowest BCUT2D eigenvalue weighted by atomic mass is 10.0. The van der Waals surface area contributed by atoms with Gasteiger partial charge in [-0.05, 0) is 55.3 Å². The molecule has 180 valence electrons. The van der Waals surface area contributed by atoms with E-state index in [1.807, 2.05) is 44.3 Å². The van der Waals surface area contributed by atoms with E-state index < -0.39 is 36.0 Å². The van der Waals surface area contributed by atoms with Crippen LogP contribution in [-0.4, -0.2) is 30.2 Å². The Bertz CT molecular complexity index is 1720. The monoisotopic (exact) mass is 483 g/mol. The van der Waals surface area contributed by atoms with Crippen molar-refractivity contribution in [3.63, 3.8) is 0 Å². The number of nitriles is 1. The van der Waals surface area contributed by atoms with E-state index in [4.69, 9.17) is 0 Å². The summed E-state index contributed by atoms with van der Waals surface area (Å²) in [6, 6.07) is 15.0. The van der Waals surface area contributed by atoms with Crippen molar-refractivity contribution < 1.29 is 14.3 Å². The molecule has 0 radical (unpaired) electrons. The second-order valence-electron chi connectivity index (χ2n) is 8.76. The van der Waals surface area contributed by atoms with Crippen molar-refractivity contribution in [2.45, 2.75) is 32.4 Å². The average Bonchev–Trinajstić information content (AvgIpc) is 3.42. The third-order valence-corrected chi connectivity index (χ3v) is 6.59. The van der Waals surface area contributed by atoms with Crippen LogP contribution < -0.4 is 5.69 Å². The van der Waals surface area contributed by atoms with Crippen molar-refractivity contribution in [1.29, 1.82) is 5.26 Å². The summed E-state index contributed by atoms with van der Waals surface area (Å²) in [5.74, 6) is -1.61. The van der Waals surface area contributed by atoms with Crippen LogP contribution in [-0.2, 0) is 4.79 Å². The lowest BCUT2D eigenvalue weighted by Gasteiger charge is -2.17. The first-order valence-corrected chi connectivity index (χ1v) is 11.4. The first-order chi connectivity index (χ1) is 17.3. The molecule has 2 atom stereocenters. The molecule has 8 nitrogen and oxygen atoms in total. The summed E-state index contributed by atoms with van der Waals surface area (Å²) in [5, 5.41) is 20.1. The molecular weight excluding hydrogens is 461 g/mol. The van der Waals surface area contributed by atoms with E-state index in [2.05, 4.69) is 9.97 Å². The smallest absolute Gasteiger partial charge is 0.331 e. The van der Waals surface area contributed by atoms with Crippen molar-refractivity contribution in [1.82, 2.24) is 19.1 Å². The zero-order valence-corrected chi connectivity index (χ0v) is 19.6. The molecule has 5 aromatic rings. The number of halogens is 1. The van der Waals surface area contributed by atoms with Gasteiger partial charge in [0.1, 0.15) is 17.6 Å². The standard InChI is InChI=1S/C27H22FN5O3/c1-15-4-3-5-21-25(15)20(14-30-21)16(2)32-22-11-10-19(13-29)31-26(22)33(27(32)36)23(12-24(34)35)17-6-8-18(28)9-7-17/h3-11,14,16,23,30H,12H2,1-2H3,(H,34,35)/t16?,23-/m1/s1. The molecule has 2 aromatic carbocycles. The SMILES string of the molecule is Cc1cccc2[nH]cc(C(C)n3c(=O)n([C@H](CC(=O)O)c4ccc(F)cc4)c4nc(C#N)ccc43)c12. The second-order valence-corrected chi connectivity index (χ2v) is 8.76. The van der Waals surface area contributed by atoms with E-state index in [1.165, 1.54) is 34.9 Å². The van der Waals surface area contributed by atoms with Crippen LogP contribution in [0.3, 0.4) is 0 Å². The van der Waals surface area contributed by atoms with Crippen molar-refractivity contribution >= 4 is 28.0 Å². The average molecular weight is 484 g/mol. The Hall–Kier alpha value is -4.71. The van der Waals surface area contributed by atoms with Crippen LogP contribution in [0.4, 0.5) is 4.39 Å². The number of hydrogen-bond acceptors (Lipinski definition) is 4. The molecule has 3 heterocycles. The Kier molecular flexibility index (Phi) is 5.65. The maximum absolute atomic E-state index is 14.0. The van der Waals surface area contributed by atoms with E-state index in [0.29, 0.717) is 11.1 Å². The fourth-order valence-electron chi connectivity index (χ4n) is 4.91. The maximum atomic E-state index is 14.0. The van der Waals surface area contributed by atoms with Crippen LogP contribution in [0.5, 0.6) is 0 Å². The van der Waals surface area contributed by atoms with Crippen LogP contribution in [0, 0.1) is 24.1 Å². The third-order valence-electron chi connectivity index (χ3n) is 6.59. The van der Waals surface area contributed by atoms with Gasteiger partial charge in [0, 0.05) is 22.7 Å². The van der Waals surface area contributed by atoms with Gasteiger partial charge in [-0.25, -0.2) is 14.2 Å². The van der Waals surface area contributed by atoms with Gasteiger partial charge in [0.2, 0.25) is 0 Å². The molecular formula is C27H22FN5O3. The molecule has 36 heavy (non-hydrogen) atoms. The number of fused-ring (bicyclic) bond motifs is 2. The Morgan fingerprint density at radius 3 is 2.61 bits per heavy atom. The Balaban J connectivity index is 1.80. The van der Waals surface area contributed by atoms with E-state index in [-0.39, 0.29) is 11.3 Å². The zero-order chi connectivity index (χ0) is 25.6. The van der Waals surface area contributed by atoms with Crippen molar-refractivity contribution in [3.05, 3.63) is 99.5 Å². The number of aromatic nitrogens is 4. The minimum absolute atomic E-state index is 0.0946.